The van der Waals surface area contributed by atoms with E-state index in [1.54, 1.807) is 0 Å². The molecule has 0 amide bonds. The highest BCUT2D eigenvalue weighted by Crippen LogP contribution is 2.30. The maximum absolute atomic E-state index is 5.47. The van der Waals surface area contributed by atoms with Gasteiger partial charge in [0.05, 0.1) is 5.54 Å². The summed E-state index contributed by atoms with van der Waals surface area (Å²) in [7, 11) is 0. The Balaban J connectivity index is 2.09. The Hall–Kier alpha value is -0.480. The third-order valence-corrected chi connectivity index (χ3v) is 2.73. The number of terminal acetylenes is 1. The van der Waals surface area contributed by atoms with E-state index in [1.807, 2.05) is 0 Å². The number of hydrogen-bond donors (Lipinski definition) is 1. The minimum atomic E-state index is 0.0910. The van der Waals surface area contributed by atoms with Crippen molar-refractivity contribution in [2.45, 2.75) is 51.0 Å². The summed E-state index contributed by atoms with van der Waals surface area (Å²) in [6, 6.07) is 0. The van der Waals surface area contributed by atoms with Crippen LogP contribution in [0.15, 0.2) is 0 Å². The fourth-order valence-corrected chi connectivity index (χ4v) is 1.61. The second-order valence-electron chi connectivity index (χ2n) is 3.71. The van der Waals surface area contributed by atoms with Gasteiger partial charge in [-0.15, -0.1) is 6.42 Å². The zero-order valence-corrected chi connectivity index (χ0v) is 8.03. The Morgan fingerprint density at radius 2 is 2.17 bits per heavy atom. The number of nitrogens with one attached hydrogen (secondary N) is 1. The van der Waals surface area contributed by atoms with E-state index in [9.17, 15) is 0 Å². The van der Waals surface area contributed by atoms with Gasteiger partial charge in [-0.2, -0.15) is 0 Å². The van der Waals surface area contributed by atoms with Crippen LogP contribution in [0.2, 0.25) is 0 Å². The van der Waals surface area contributed by atoms with Crippen LogP contribution in [-0.4, -0.2) is 12.1 Å². The average molecular weight is 165 g/mol. The van der Waals surface area contributed by atoms with Gasteiger partial charge in [0.2, 0.25) is 0 Å². The Morgan fingerprint density at radius 1 is 1.42 bits per heavy atom. The summed E-state index contributed by atoms with van der Waals surface area (Å²) in [5.74, 6) is 2.88. The fourth-order valence-electron chi connectivity index (χ4n) is 1.61. The van der Waals surface area contributed by atoms with Crippen molar-refractivity contribution in [3.63, 3.8) is 0 Å². The maximum atomic E-state index is 5.47. The molecule has 0 heterocycles. The second-order valence-corrected chi connectivity index (χ2v) is 3.71. The third-order valence-electron chi connectivity index (χ3n) is 2.73. The van der Waals surface area contributed by atoms with E-state index in [2.05, 4.69) is 18.2 Å². The molecule has 1 aliphatic carbocycles. The van der Waals surface area contributed by atoms with Crippen molar-refractivity contribution in [2.75, 3.05) is 6.54 Å². The Morgan fingerprint density at radius 3 is 2.58 bits per heavy atom. The third kappa shape index (κ3) is 2.25. The zero-order chi connectivity index (χ0) is 8.86. The molecule has 1 aliphatic rings. The first-order valence-corrected chi connectivity index (χ1v) is 5.06. The van der Waals surface area contributed by atoms with Gasteiger partial charge >= 0.3 is 0 Å². The predicted octanol–water partition coefficient (Wildman–Crippen LogP) is 2.32. The minimum absolute atomic E-state index is 0.0910. The van der Waals surface area contributed by atoms with Crippen molar-refractivity contribution in [3.8, 4) is 12.3 Å². The Bertz CT molecular complexity index is 162. The van der Waals surface area contributed by atoms with Crippen molar-refractivity contribution < 1.29 is 0 Å². The first-order valence-electron chi connectivity index (χ1n) is 5.06. The van der Waals surface area contributed by atoms with Crippen LogP contribution in [0.5, 0.6) is 0 Å². The van der Waals surface area contributed by atoms with Crippen LogP contribution in [-0.2, 0) is 0 Å². The van der Waals surface area contributed by atoms with E-state index in [1.165, 1.54) is 38.5 Å². The van der Waals surface area contributed by atoms with Crippen LogP contribution in [0.4, 0.5) is 0 Å². The standard InChI is InChI=1S/C11H19N/c1-3-5-6-10-12-11(4-2)8-7-9-11/h2,12H,3,5-10H2,1H3. The molecule has 1 rings (SSSR count). The summed E-state index contributed by atoms with van der Waals surface area (Å²) in [6.45, 7) is 3.32. The first-order chi connectivity index (χ1) is 5.83. The van der Waals surface area contributed by atoms with Crippen molar-refractivity contribution in [2.24, 2.45) is 0 Å². The lowest BCUT2D eigenvalue weighted by molar-refractivity contribution is 0.257. The number of rotatable bonds is 5. The van der Waals surface area contributed by atoms with Gasteiger partial charge in [0.1, 0.15) is 0 Å². The van der Waals surface area contributed by atoms with E-state index in [0.29, 0.717) is 0 Å². The van der Waals surface area contributed by atoms with Crippen molar-refractivity contribution in [3.05, 3.63) is 0 Å². The molecule has 0 aromatic heterocycles. The highest BCUT2D eigenvalue weighted by Gasteiger charge is 2.33. The van der Waals surface area contributed by atoms with Crippen LogP contribution in [0, 0.1) is 12.3 Å². The van der Waals surface area contributed by atoms with Gasteiger partial charge in [-0.1, -0.05) is 25.7 Å². The molecule has 1 saturated carbocycles. The summed E-state index contributed by atoms with van der Waals surface area (Å²) in [6.07, 6.45) is 13.0. The first kappa shape index (κ1) is 9.61. The molecule has 0 aromatic rings. The molecule has 1 nitrogen and oxygen atoms in total. The molecule has 68 valence electrons. The Labute approximate surface area is 75.9 Å². The molecule has 1 heteroatoms. The Kier molecular flexibility index (Phi) is 3.62. The summed E-state index contributed by atoms with van der Waals surface area (Å²) >= 11 is 0. The van der Waals surface area contributed by atoms with Crippen LogP contribution < -0.4 is 5.32 Å². The van der Waals surface area contributed by atoms with E-state index < -0.39 is 0 Å². The van der Waals surface area contributed by atoms with E-state index in [-0.39, 0.29) is 5.54 Å². The van der Waals surface area contributed by atoms with E-state index in [4.69, 9.17) is 6.42 Å². The monoisotopic (exact) mass is 165 g/mol. The molecule has 0 aromatic carbocycles. The lowest BCUT2D eigenvalue weighted by atomic mass is 9.77. The minimum Gasteiger partial charge on any atom is -0.301 e. The van der Waals surface area contributed by atoms with Gasteiger partial charge < -0.3 is 5.32 Å². The topological polar surface area (TPSA) is 12.0 Å². The van der Waals surface area contributed by atoms with Gasteiger partial charge in [-0.05, 0) is 32.2 Å². The molecule has 0 atom stereocenters. The fraction of sp³-hybridized carbons (Fsp3) is 0.818. The van der Waals surface area contributed by atoms with Crippen LogP contribution >= 0.6 is 0 Å². The molecular formula is C11H19N. The van der Waals surface area contributed by atoms with Crippen LogP contribution in [0.3, 0.4) is 0 Å². The van der Waals surface area contributed by atoms with Crippen molar-refractivity contribution >= 4 is 0 Å². The SMILES string of the molecule is C#CC1(NCCCCC)CCC1. The highest BCUT2D eigenvalue weighted by atomic mass is 15.0. The molecule has 0 saturated heterocycles. The lowest BCUT2D eigenvalue weighted by Crippen LogP contribution is -2.49. The smallest absolute Gasteiger partial charge is 0.0798 e. The zero-order valence-electron chi connectivity index (χ0n) is 8.03. The maximum Gasteiger partial charge on any atom is 0.0798 e. The van der Waals surface area contributed by atoms with E-state index in [0.717, 1.165) is 6.54 Å². The molecule has 0 aliphatic heterocycles. The van der Waals surface area contributed by atoms with Crippen LogP contribution in [0.1, 0.15) is 45.4 Å². The van der Waals surface area contributed by atoms with Gasteiger partial charge in [0.25, 0.3) is 0 Å². The van der Waals surface area contributed by atoms with Gasteiger partial charge in [0.15, 0.2) is 0 Å². The van der Waals surface area contributed by atoms with Gasteiger partial charge in [-0.3, -0.25) is 0 Å². The van der Waals surface area contributed by atoms with Crippen molar-refractivity contribution in [1.29, 1.82) is 0 Å². The summed E-state index contributed by atoms with van der Waals surface area (Å²) in [4.78, 5) is 0. The van der Waals surface area contributed by atoms with Crippen LogP contribution in [0.25, 0.3) is 0 Å². The molecule has 1 N–H and O–H groups in total. The summed E-state index contributed by atoms with van der Waals surface area (Å²) in [5, 5.41) is 3.48. The quantitative estimate of drug-likeness (QED) is 0.487. The highest BCUT2D eigenvalue weighted by molar-refractivity contribution is 5.17. The van der Waals surface area contributed by atoms with E-state index >= 15 is 0 Å². The molecule has 0 radical (unpaired) electrons. The van der Waals surface area contributed by atoms with Gasteiger partial charge in [0, 0.05) is 0 Å². The second kappa shape index (κ2) is 4.52. The molecule has 0 unspecified atom stereocenters. The average Bonchev–Trinajstić information content (AvgIpc) is 2.02. The molecule has 12 heavy (non-hydrogen) atoms. The van der Waals surface area contributed by atoms with Gasteiger partial charge in [-0.25, -0.2) is 0 Å². The molecule has 0 spiro atoms. The van der Waals surface area contributed by atoms with Crippen molar-refractivity contribution in [1.82, 2.24) is 5.32 Å². The lowest BCUT2D eigenvalue weighted by Gasteiger charge is -2.38. The summed E-state index contributed by atoms with van der Waals surface area (Å²) in [5.41, 5.74) is 0.0910. The number of hydrogen-bond acceptors (Lipinski definition) is 1. The predicted molar refractivity (Wildman–Crippen MR) is 52.9 cm³/mol. The largest absolute Gasteiger partial charge is 0.301 e. The normalized spacial score (nSPS) is 19.7. The molecular weight excluding hydrogens is 146 g/mol. The molecule has 1 fully saturated rings. The summed E-state index contributed by atoms with van der Waals surface area (Å²) < 4.78 is 0. The number of unbranched alkanes of at least 4 members (excludes halogenated alkanes) is 2. The molecule has 0 bridgehead atoms.